The Morgan fingerprint density at radius 1 is 1.25 bits per heavy atom. The van der Waals surface area contributed by atoms with Crippen LogP contribution >= 0.6 is 0 Å². The Kier molecular flexibility index (Phi) is 3.61. The molecule has 0 bridgehead atoms. The van der Waals surface area contributed by atoms with E-state index in [9.17, 15) is 0 Å². The minimum atomic E-state index is 0.667. The fraction of sp³-hybridized carbons (Fsp3) is 0.364. The first-order valence-corrected chi connectivity index (χ1v) is 5.32. The number of benzene rings is 1. The maximum absolute atomic E-state index is 4.09. The van der Waals surface area contributed by atoms with Crippen molar-refractivity contribution in [2.24, 2.45) is 7.05 Å². The molecule has 0 atom stereocenters. The lowest BCUT2D eigenvalue weighted by Gasteiger charge is -2.01. The fourth-order valence-corrected chi connectivity index (χ4v) is 1.47. The summed E-state index contributed by atoms with van der Waals surface area (Å²) >= 11 is 0. The van der Waals surface area contributed by atoms with Gasteiger partial charge in [0.05, 0.1) is 13.6 Å². The van der Waals surface area contributed by atoms with E-state index in [1.54, 1.807) is 7.05 Å². The molecule has 0 radical (unpaired) electrons. The first kappa shape index (κ1) is 10.8. The minimum Gasteiger partial charge on any atom is -0.309 e. The van der Waals surface area contributed by atoms with Crippen molar-refractivity contribution in [1.29, 1.82) is 0 Å². The van der Waals surface area contributed by atoms with Gasteiger partial charge in [0.25, 0.3) is 0 Å². The Hall–Kier alpha value is -1.75. The van der Waals surface area contributed by atoms with Crippen molar-refractivity contribution in [2.75, 3.05) is 6.54 Å². The van der Waals surface area contributed by atoms with Crippen molar-refractivity contribution in [3.8, 4) is 0 Å². The van der Waals surface area contributed by atoms with Crippen LogP contribution in [0.5, 0.6) is 0 Å². The minimum absolute atomic E-state index is 0.667. The van der Waals surface area contributed by atoms with E-state index in [1.807, 2.05) is 6.07 Å². The summed E-state index contributed by atoms with van der Waals surface area (Å²) in [7, 11) is 1.76. The van der Waals surface area contributed by atoms with Gasteiger partial charge in [-0.1, -0.05) is 30.3 Å². The Morgan fingerprint density at radius 3 is 2.75 bits per heavy atom. The molecule has 0 aliphatic carbocycles. The standard InChI is InChI=1S/C11H15N5/c1-16-14-11(13-15-16)9-12-8-7-10-5-3-2-4-6-10/h2-6,12H,7-9H2,1H3. The molecule has 0 fully saturated rings. The van der Waals surface area contributed by atoms with Gasteiger partial charge < -0.3 is 5.32 Å². The predicted octanol–water partition coefficient (Wildman–Crippen LogP) is 0.542. The van der Waals surface area contributed by atoms with Gasteiger partial charge in [-0.25, -0.2) is 0 Å². The van der Waals surface area contributed by atoms with E-state index >= 15 is 0 Å². The van der Waals surface area contributed by atoms with Crippen molar-refractivity contribution >= 4 is 0 Å². The highest BCUT2D eigenvalue weighted by Crippen LogP contribution is 1.98. The molecule has 2 rings (SSSR count). The van der Waals surface area contributed by atoms with E-state index < -0.39 is 0 Å². The van der Waals surface area contributed by atoms with Gasteiger partial charge in [-0.3, -0.25) is 0 Å². The largest absolute Gasteiger partial charge is 0.309 e. The van der Waals surface area contributed by atoms with Crippen molar-refractivity contribution < 1.29 is 0 Å². The zero-order valence-corrected chi connectivity index (χ0v) is 9.30. The molecule has 0 aliphatic rings. The number of aromatic nitrogens is 4. The Morgan fingerprint density at radius 2 is 2.06 bits per heavy atom. The molecule has 84 valence electrons. The number of nitrogens with zero attached hydrogens (tertiary/aromatic N) is 4. The molecule has 5 heteroatoms. The molecule has 0 spiro atoms. The zero-order valence-electron chi connectivity index (χ0n) is 9.30. The number of tetrazole rings is 1. The third-order valence-corrected chi connectivity index (χ3v) is 2.27. The third kappa shape index (κ3) is 3.13. The van der Waals surface area contributed by atoms with Crippen LogP contribution in [0.1, 0.15) is 11.4 Å². The molecular weight excluding hydrogens is 202 g/mol. The van der Waals surface area contributed by atoms with Gasteiger partial charge in [-0.05, 0) is 23.7 Å². The lowest BCUT2D eigenvalue weighted by atomic mass is 10.1. The fourth-order valence-electron chi connectivity index (χ4n) is 1.47. The summed E-state index contributed by atoms with van der Waals surface area (Å²) in [5, 5.41) is 15.0. The van der Waals surface area contributed by atoms with Gasteiger partial charge in [0, 0.05) is 0 Å². The average Bonchev–Trinajstić information content (AvgIpc) is 2.72. The molecule has 0 aliphatic heterocycles. The first-order valence-electron chi connectivity index (χ1n) is 5.32. The van der Waals surface area contributed by atoms with E-state index in [0.717, 1.165) is 18.8 Å². The van der Waals surface area contributed by atoms with Crippen LogP contribution in [-0.2, 0) is 20.0 Å². The smallest absolute Gasteiger partial charge is 0.188 e. The monoisotopic (exact) mass is 217 g/mol. The highest BCUT2D eigenvalue weighted by molar-refractivity contribution is 5.14. The van der Waals surface area contributed by atoms with Gasteiger partial charge in [0.1, 0.15) is 0 Å². The van der Waals surface area contributed by atoms with Crippen LogP contribution in [0.3, 0.4) is 0 Å². The van der Waals surface area contributed by atoms with Crippen molar-refractivity contribution in [3.05, 3.63) is 41.7 Å². The van der Waals surface area contributed by atoms with Crippen LogP contribution in [0, 0.1) is 0 Å². The zero-order chi connectivity index (χ0) is 11.2. The Balaban J connectivity index is 1.69. The van der Waals surface area contributed by atoms with E-state index in [2.05, 4.69) is 45.0 Å². The maximum atomic E-state index is 4.09. The summed E-state index contributed by atoms with van der Waals surface area (Å²) in [5.74, 6) is 0.732. The van der Waals surface area contributed by atoms with Gasteiger partial charge in [0.2, 0.25) is 0 Å². The van der Waals surface area contributed by atoms with Crippen LogP contribution in [-0.4, -0.2) is 26.8 Å². The van der Waals surface area contributed by atoms with E-state index in [-0.39, 0.29) is 0 Å². The van der Waals surface area contributed by atoms with Crippen molar-refractivity contribution in [2.45, 2.75) is 13.0 Å². The van der Waals surface area contributed by atoms with E-state index in [4.69, 9.17) is 0 Å². The second-order valence-electron chi connectivity index (χ2n) is 3.61. The summed E-state index contributed by atoms with van der Waals surface area (Å²) in [6, 6.07) is 10.4. The number of rotatable bonds is 5. The highest BCUT2D eigenvalue weighted by Gasteiger charge is 1.98. The summed E-state index contributed by atoms with van der Waals surface area (Å²) in [6.07, 6.45) is 1.01. The van der Waals surface area contributed by atoms with Crippen LogP contribution in [0.15, 0.2) is 30.3 Å². The second-order valence-corrected chi connectivity index (χ2v) is 3.61. The normalized spacial score (nSPS) is 10.6. The molecule has 5 nitrogen and oxygen atoms in total. The molecule has 1 N–H and O–H groups in total. The van der Waals surface area contributed by atoms with Gasteiger partial charge in [-0.2, -0.15) is 4.80 Å². The van der Waals surface area contributed by atoms with Crippen LogP contribution in [0.4, 0.5) is 0 Å². The number of nitrogens with one attached hydrogen (secondary N) is 1. The third-order valence-electron chi connectivity index (χ3n) is 2.27. The SMILES string of the molecule is Cn1nnc(CNCCc2ccccc2)n1. The topological polar surface area (TPSA) is 55.6 Å². The van der Waals surface area contributed by atoms with Crippen LogP contribution in [0.2, 0.25) is 0 Å². The van der Waals surface area contributed by atoms with Gasteiger partial charge in [-0.15, -0.1) is 10.2 Å². The molecular formula is C11H15N5. The molecule has 0 amide bonds. The van der Waals surface area contributed by atoms with E-state index in [1.165, 1.54) is 10.4 Å². The number of aryl methyl sites for hydroxylation is 1. The van der Waals surface area contributed by atoms with Crippen LogP contribution in [0.25, 0.3) is 0 Å². The summed E-state index contributed by atoms with van der Waals surface area (Å²) in [6.45, 7) is 1.59. The van der Waals surface area contributed by atoms with Gasteiger partial charge >= 0.3 is 0 Å². The average molecular weight is 217 g/mol. The van der Waals surface area contributed by atoms with Crippen molar-refractivity contribution in [1.82, 2.24) is 25.5 Å². The number of hydrogen-bond donors (Lipinski definition) is 1. The van der Waals surface area contributed by atoms with E-state index in [0.29, 0.717) is 6.54 Å². The molecule has 0 saturated heterocycles. The lowest BCUT2D eigenvalue weighted by molar-refractivity contribution is 0.619. The summed E-state index contributed by atoms with van der Waals surface area (Å²) < 4.78 is 0. The lowest BCUT2D eigenvalue weighted by Crippen LogP contribution is -2.17. The second kappa shape index (κ2) is 5.37. The molecule has 2 aromatic rings. The predicted molar refractivity (Wildman–Crippen MR) is 60.7 cm³/mol. The molecule has 1 heterocycles. The summed E-state index contributed by atoms with van der Waals surface area (Å²) in [5.41, 5.74) is 1.34. The van der Waals surface area contributed by atoms with Crippen molar-refractivity contribution in [3.63, 3.8) is 0 Å². The Bertz CT molecular complexity index is 423. The first-order chi connectivity index (χ1) is 7.84. The summed E-state index contributed by atoms with van der Waals surface area (Å²) in [4.78, 5) is 1.47. The Labute approximate surface area is 94.5 Å². The molecule has 1 aromatic heterocycles. The van der Waals surface area contributed by atoms with Gasteiger partial charge in [0.15, 0.2) is 5.82 Å². The number of hydrogen-bond acceptors (Lipinski definition) is 4. The quantitative estimate of drug-likeness (QED) is 0.743. The molecule has 1 aromatic carbocycles. The highest BCUT2D eigenvalue weighted by atomic mass is 15.6. The molecule has 0 saturated carbocycles. The molecule has 16 heavy (non-hydrogen) atoms. The molecule has 0 unspecified atom stereocenters. The maximum Gasteiger partial charge on any atom is 0.188 e. The van der Waals surface area contributed by atoms with Crippen LogP contribution < -0.4 is 5.32 Å².